The monoisotopic (exact) mass is 454 g/mol. The molecule has 32 heavy (non-hydrogen) atoms. The van der Waals surface area contributed by atoms with Gasteiger partial charge in [-0.05, 0) is 43.6 Å². The predicted octanol–water partition coefficient (Wildman–Crippen LogP) is 0.686. The van der Waals surface area contributed by atoms with Crippen molar-refractivity contribution in [3.63, 3.8) is 0 Å². The summed E-state index contributed by atoms with van der Waals surface area (Å²) in [5, 5.41) is 31.1. The molecule has 11 unspecified atom stereocenters. The molecule has 3 N–H and O–H groups in total. The molecule has 0 radical (unpaired) electrons. The Morgan fingerprint density at radius 1 is 1.22 bits per heavy atom. The molecule has 9 nitrogen and oxygen atoms in total. The molecule has 0 amide bonds. The molecule has 11 atom stereocenters. The van der Waals surface area contributed by atoms with Crippen LogP contribution in [0, 0.1) is 23.7 Å². The summed E-state index contributed by atoms with van der Waals surface area (Å²) in [6.45, 7) is 6.94. The van der Waals surface area contributed by atoms with E-state index < -0.39 is 42.3 Å². The van der Waals surface area contributed by atoms with Gasteiger partial charge < -0.3 is 34.3 Å². The van der Waals surface area contributed by atoms with Crippen LogP contribution in [0.1, 0.15) is 47.0 Å². The van der Waals surface area contributed by atoms with Gasteiger partial charge in [-0.25, -0.2) is 0 Å². The highest BCUT2D eigenvalue weighted by molar-refractivity contribution is 5.75. The Morgan fingerprint density at radius 3 is 2.62 bits per heavy atom. The highest BCUT2D eigenvalue weighted by Crippen LogP contribution is 2.52. The molecular formula is C23H34O9. The molecule has 4 rings (SSSR count). The van der Waals surface area contributed by atoms with Gasteiger partial charge in [0.05, 0.1) is 11.5 Å². The molecule has 2 saturated heterocycles. The first-order valence-corrected chi connectivity index (χ1v) is 11.5. The fourth-order valence-corrected chi connectivity index (χ4v) is 5.76. The van der Waals surface area contributed by atoms with Crippen molar-refractivity contribution in [1.29, 1.82) is 0 Å². The van der Waals surface area contributed by atoms with Crippen LogP contribution in [0.25, 0.3) is 0 Å². The first-order chi connectivity index (χ1) is 15.0. The molecule has 2 aliphatic carbocycles. The Morgan fingerprint density at radius 2 is 1.94 bits per heavy atom. The van der Waals surface area contributed by atoms with Gasteiger partial charge in [0.2, 0.25) is 0 Å². The van der Waals surface area contributed by atoms with Crippen LogP contribution in [-0.4, -0.2) is 76.3 Å². The van der Waals surface area contributed by atoms with E-state index in [1.807, 2.05) is 13.8 Å². The molecule has 180 valence electrons. The topological polar surface area (TPSA) is 132 Å². The lowest BCUT2D eigenvalue weighted by atomic mass is 9.85. The maximum atomic E-state index is 12.2. The van der Waals surface area contributed by atoms with E-state index in [4.69, 9.17) is 18.9 Å². The third kappa shape index (κ3) is 4.09. The summed E-state index contributed by atoms with van der Waals surface area (Å²) in [4.78, 5) is 23.3. The first-order valence-electron chi connectivity index (χ1n) is 11.5. The van der Waals surface area contributed by atoms with Crippen LogP contribution in [0.4, 0.5) is 0 Å². The van der Waals surface area contributed by atoms with Gasteiger partial charge in [-0.3, -0.25) is 9.59 Å². The highest BCUT2D eigenvalue weighted by atomic mass is 16.7. The molecule has 4 aliphatic rings. The van der Waals surface area contributed by atoms with Gasteiger partial charge in [-0.1, -0.05) is 19.9 Å². The number of carbonyl (C=O) groups is 2. The van der Waals surface area contributed by atoms with Crippen LogP contribution in [0.2, 0.25) is 0 Å². The average molecular weight is 455 g/mol. The molecule has 2 aliphatic heterocycles. The van der Waals surface area contributed by atoms with Crippen molar-refractivity contribution < 1.29 is 43.9 Å². The van der Waals surface area contributed by atoms with E-state index >= 15 is 0 Å². The summed E-state index contributed by atoms with van der Waals surface area (Å²) >= 11 is 0. The fourth-order valence-electron chi connectivity index (χ4n) is 5.76. The number of aliphatic hydroxyl groups is 3. The molecule has 9 heteroatoms. The Labute approximate surface area is 187 Å². The van der Waals surface area contributed by atoms with Crippen molar-refractivity contribution >= 4 is 11.9 Å². The molecule has 0 bridgehead atoms. The van der Waals surface area contributed by atoms with Crippen LogP contribution in [-0.2, 0) is 28.5 Å². The maximum Gasteiger partial charge on any atom is 0.309 e. The summed E-state index contributed by atoms with van der Waals surface area (Å²) < 4.78 is 22.6. The summed E-state index contributed by atoms with van der Waals surface area (Å²) in [7, 11) is 0. The number of hydrogen-bond donors (Lipinski definition) is 3. The van der Waals surface area contributed by atoms with Gasteiger partial charge in [-0.15, -0.1) is 0 Å². The maximum absolute atomic E-state index is 12.2. The second-order valence-electron chi connectivity index (χ2n) is 9.99. The second kappa shape index (κ2) is 8.68. The van der Waals surface area contributed by atoms with Crippen molar-refractivity contribution in [2.75, 3.05) is 6.61 Å². The zero-order valence-electron chi connectivity index (χ0n) is 19.0. The summed E-state index contributed by atoms with van der Waals surface area (Å²) in [6, 6.07) is 0. The Bertz CT molecular complexity index is 781. The smallest absolute Gasteiger partial charge is 0.309 e. The van der Waals surface area contributed by atoms with Crippen molar-refractivity contribution in [2.24, 2.45) is 23.7 Å². The van der Waals surface area contributed by atoms with E-state index in [1.54, 1.807) is 0 Å². The first kappa shape index (κ1) is 23.6. The number of fused-ring (bicyclic) bond motifs is 2. The largest absolute Gasteiger partial charge is 0.463 e. The fraction of sp³-hybridized carbons (Fsp3) is 0.826. The van der Waals surface area contributed by atoms with Gasteiger partial charge >= 0.3 is 11.9 Å². The van der Waals surface area contributed by atoms with E-state index in [0.717, 1.165) is 18.4 Å². The lowest BCUT2D eigenvalue weighted by Crippen LogP contribution is -2.60. The number of hydrogen-bond acceptors (Lipinski definition) is 9. The third-order valence-electron chi connectivity index (χ3n) is 7.75. The summed E-state index contributed by atoms with van der Waals surface area (Å²) in [5.74, 6) is -0.443. The van der Waals surface area contributed by atoms with E-state index in [2.05, 4.69) is 13.0 Å². The van der Waals surface area contributed by atoms with Crippen LogP contribution < -0.4 is 0 Å². The second-order valence-corrected chi connectivity index (χ2v) is 9.99. The van der Waals surface area contributed by atoms with Gasteiger partial charge in [0.15, 0.2) is 6.29 Å². The average Bonchev–Trinajstić information content (AvgIpc) is 3.13. The molecule has 0 aromatic rings. The molecule has 1 saturated carbocycles. The third-order valence-corrected chi connectivity index (χ3v) is 7.75. The number of rotatable bonds is 4. The van der Waals surface area contributed by atoms with Crippen molar-refractivity contribution in [2.45, 2.75) is 89.4 Å². The zero-order chi connectivity index (χ0) is 23.4. The minimum absolute atomic E-state index is 0.0349. The number of esters is 2. The van der Waals surface area contributed by atoms with Crippen molar-refractivity contribution in [1.82, 2.24) is 0 Å². The van der Waals surface area contributed by atoms with Crippen molar-refractivity contribution in [3.8, 4) is 0 Å². The predicted molar refractivity (Wildman–Crippen MR) is 110 cm³/mol. The summed E-state index contributed by atoms with van der Waals surface area (Å²) in [5.41, 5.74) is 0.286. The van der Waals surface area contributed by atoms with Crippen LogP contribution in [0.3, 0.4) is 0 Å². The van der Waals surface area contributed by atoms with Crippen LogP contribution in [0.15, 0.2) is 11.6 Å². The van der Waals surface area contributed by atoms with E-state index in [1.165, 1.54) is 6.92 Å². The van der Waals surface area contributed by atoms with E-state index in [9.17, 15) is 24.9 Å². The Hall–Kier alpha value is -1.52. The van der Waals surface area contributed by atoms with Gasteiger partial charge in [-0.2, -0.15) is 0 Å². The van der Waals surface area contributed by atoms with Crippen LogP contribution >= 0.6 is 0 Å². The molecule has 0 aromatic carbocycles. The van der Waals surface area contributed by atoms with Gasteiger partial charge in [0.1, 0.15) is 37.1 Å². The quantitative estimate of drug-likeness (QED) is 0.414. The number of aliphatic hydroxyl groups excluding tert-OH is 3. The minimum Gasteiger partial charge on any atom is -0.463 e. The van der Waals surface area contributed by atoms with Crippen molar-refractivity contribution in [3.05, 3.63) is 11.6 Å². The van der Waals surface area contributed by atoms with Gasteiger partial charge in [0, 0.05) is 12.8 Å². The van der Waals surface area contributed by atoms with E-state index in [-0.39, 0.29) is 36.4 Å². The minimum atomic E-state index is -1.51. The number of ether oxygens (including phenoxy) is 4. The highest BCUT2D eigenvalue weighted by Gasteiger charge is 2.53. The lowest BCUT2D eigenvalue weighted by Gasteiger charge is -2.43. The molecule has 0 spiro atoms. The summed E-state index contributed by atoms with van der Waals surface area (Å²) in [6.07, 6.45) is -2.31. The molecule has 2 heterocycles. The molecule has 0 aromatic heterocycles. The Balaban J connectivity index is 1.57. The SMILES string of the molecule is CC(=O)OCC1OC(OC2(C)CCC3C2=CC2C(CC3C)OC(=O)C2C)C(O)C(O)C1O. The molecule has 3 fully saturated rings. The Kier molecular flexibility index (Phi) is 6.41. The zero-order valence-corrected chi connectivity index (χ0v) is 19.0. The standard InChI is InChI=1S/C23H34O9/c1-10-7-16-14(11(2)21(28)30-16)8-15-13(10)5-6-23(15,4)32-22-20(27)19(26)18(25)17(31-22)9-29-12(3)24/h8,10-11,13-14,16-20,22,25-27H,5-7,9H2,1-4H3. The number of carbonyl (C=O) groups excluding carboxylic acids is 2. The van der Waals surface area contributed by atoms with Crippen LogP contribution in [0.5, 0.6) is 0 Å². The normalized spacial score (nSPS) is 48.3. The van der Waals surface area contributed by atoms with E-state index in [0.29, 0.717) is 12.3 Å². The van der Waals surface area contributed by atoms with Gasteiger partial charge in [0.25, 0.3) is 0 Å². The lowest BCUT2D eigenvalue weighted by molar-refractivity contribution is -0.320. The molecular weight excluding hydrogens is 420 g/mol.